The number of carbonyl (C=O) groups excluding carboxylic acids is 1. The quantitative estimate of drug-likeness (QED) is 0.876. The van der Waals surface area contributed by atoms with E-state index < -0.39 is 0 Å². The normalized spacial score (nSPS) is 17.1. The van der Waals surface area contributed by atoms with Crippen LogP contribution in [0.5, 0.6) is 0 Å². The zero-order valence-electron chi connectivity index (χ0n) is 11.3. The SMILES string of the molecule is O=C(Cc1ccc(Cl)c(Cl)c1)NCC1(CO)CCCC1. The van der Waals surface area contributed by atoms with Crippen molar-refractivity contribution in [1.82, 2.24) is 5.32 Å². The molecule has 0 bridgehead atoms. The van der Waals surface area contributed by atoms with Gasteiger partial charge in [-0.1, -0.05) is 42.1 Å². The number of halogens is 2. The number of hydrogen-bond donors (Lipinski definition) is 2. The van der Waals surface area contributed by atoms with Gasteiger partial charge >= 0.3 is 0 Å². The first-order chi connectivity index (χ1) is 9.54. The molecule has 110 valence electrons. The van der Waals surface area contributed by atoms with Gasteiger partial charge in [0.25, 0.3) is 0 Å². The third kappa shape index (κ3) is 3.87. The Morgan fingerprint density at radius 1 is 1.25 bits per heavy atom. The molecule has 0 aromatic heterocycles. The van der Waals surface area contributed by atoms with Crippen molar-refractivity contribution in [1.29, 1.82) is 0 Å². The van der Waals surface area contributed by atoms with Crippen molar-refractivity contribution in [3.8, 4) is 0 Å². The van der Waals surface area contributed by atoms with Gasteiger partial charge in [-0.25, -0.2) is 0 Å². The molecule has 20 heavy (non-hydrogen) atoms. The van der Waals surface area contributed by atoms with Gasteiger partial charge in [-0.3, -0.25) is 4.79 Å². The smallest absolute Gasteiger partial charge is 0.224 e. The van der Waals surface area contributed by atoms with E-state index >= 15 is 0 Å². The van der Waals surface area contributed by atoms with E-state index in [1.807, 2.05) is 0 Å². The first-order valence-corrected chi connectivity index (χ1v) is 7.62. The molecule has 0 atom stereocenters. The van der Waals surface area contributed by atoms with Crippen LogP contribution in [-0.2, 0) is 11.2 Å². The van der Waals surface area contributed by atoms with E-state index in [1.165, 1.54) is 0 Å². The van der Waals surface area contributed by atoms with Gasteiger partial charge in [-0.2, -0.15) is 0 Å². The van der Waals surface area contributed by atoms with Crippen LogP contribution in [0.15, 0.2) is 18.2 Å². The Bertz CT molecular complexity index is 485. The van der Waals surface area contributed by atoms with Crippen LogP contribution in [-0.4, -0.2) is 24.2 Å². The fourth-order valence-electron chi connectivity index (χ4n) is 2.70. The highest BCUT2D eigenvalue weighted by Crippen LogP contribution is 2.36. The molecule has 1 saturated carbocycles. The molecular formula is C15H19Cl2NO2. The maximum absolute atomic E-state index is 12.0. The third-order valence-electron chi connectivity index (χ3n) is 4.01. The fraction of sp³-hybridized carbons (Fsp3) is 0.533. The number of carbonyl (C=O) groups is 1. The van der Waals surface area contributed by atoms with Crippen LogP contribution in [0.4, 0.5) is 0 Å². The van der Waals surface area contributed by atoms with Gasteiger partial charge in [-0.15, -0.1) is 0 Å². The molecule has 1 aromatic carbocycles. The second kappa shape index (κ2) is 6.79. The zero-order chi connectivity index (χ0) is 14.6. The summed E-state index contributed by atoms with van der Waals surface area (Å²) < 4.78 is 0. The number of hydrogen-bond acceptors (Lipinski definition) is 2. The number of aliphatic hydroxyl groups excluding tert-OH is 1. The molecule has 0 aliphatic heterocycles. The zero-order valence-corrected chi connectivity index (χ0v) is 12.8. The molecule has 0 heterocycles. The second-order valence-electron chi connectivity index (χ2n) is 5.57. The average Bonchev–Trinajstić information content (AvgIpc) is 2.90. The van der Waals surface area contributed by atoms with Gasteiger partial charge in [0, 0.05) is 12.0 Å². The Morgan fingerprint density at radius 2 is 1.95 bits per heavy atom. The van der Waals surface area contributed by atoms with E-state index in [0.717, 1.165) is 31.2 Å². The largest absolute Gasteiger partial charge is 0.396 e. The van der Waals surface area contributed by atoms with Crippen LogP contribution >= 0.6 is 23.2 Å². The van der Waals surface area contributed by atoms with E-state index in [0.29, 0.717) is 16.6 Å². The van der Waals surface area contributed by atoms with Crippen molar-refractivity contribution < 1.29 is 9.90 Å². The van der Waals surface area contributed by atoms with Crippen LogP contribution in [0.3, 0.4) is 0 Å². The highest BCUT2D eigenvalue weighted by molar-refractivity contribution is 6.42. The molecule has 0 spiro atoms. The average molecular weight is 316 g/mol. The second-order valence-corrected chi connectivity index (χ2v) is 6.38. The van der Waals surface area contributed by atoms with Gasteiger partial charge in [0.1, 0.15) is 0 Å². The minimum Gasteiger partial charge on any atom is -0.396 e. The van der Waals surface area contributed by atoms with Gasteiger partial charge in [0.2, 0.25) is 5.91 Å². The lowest BCUT2D eigenvalue weighted by molar-refractivity contribution is -0.121. The van der Waals surface area contributed by atoms with Crippen LogP contribution < -0.4 is 5.32 Å². The number of aliphatic hydroxyl groups is 1. The summed E-state index contributed by atoms with van der Waals surface area (Å²) in [7, 11) is 0. The maximum atomic E-state index is 12.0. The Hall–Kier alpha value is -0.770. The summed E-state index contributed by atoms with van der Waals surface area (Å²) in [5.74, 6) is -0.0527. The molecule has 2 rings (SSSR count). The summed E-state index contributed by atoms with van der Waals surface area (Å²) in [6.07, 6.45) is 4.50. The van der Waals surface area contributed by atoms with E-state index in [2.05, 4.69) is 5.32 Å². The van der Waals surface area contributed by atoms with E-state index in [-0.39, 0.29) is 24.3 Å². The lowest BCUT2D eigenvalue weighted by atomic mass is 9.87. The summed E-state index contributed by atoms with van der Waals surface area (Å²) >= 11 is 11.8. The van der Waals surface area contributed by atoms with Crippen molar-refractivity contribution in [2.75, 3.05) is 13.2 Å². The summed E-state index contributed by atoms with van der Waals surface area (Å²) in [5.41, 5.74) is 0.717. The van der Waals surface area contributed by atoms with Gasteiger partial charge in [-0.05, 0) is 30.5 Å². The number of amides is 1. The van der Waals surface area contributed by atoms with Gasteiger partial charge < -0.3 is 10.4 Å². The highest BCUT2D eigenvalue weighted by Gasteiger charge is 2.33. The Kier molecular flexibility index (Phi) is 5.30. The Labute approximate surface area is 129 Å². The molecule has 1 aliphatic carbocycles. The van der Waals surface area contributed by atoms with E-state index in [4.69, 9.17) is 23.2 Å². The molecule has 1 amide bonds. The highest BCUT2D eigenvalue weighted by atomic mass is 35.5. The summed E-state index contributed by atoms with van der Waals surface area (Å²) in [6, 6.07) is 5.20. The summed E-state index contributed by atoms with van der Waals surface area (Å²) in [6.45, 7) is 0.684. The van der Waals surface area contributed by atoms with E-state index in [1.54, 1.807) is 18.2 Å². The predicted molar refractivity (Wildman–Crippen MR) is 81.2 cm³/mol. The molecule has 0 unspecified atom stereocenters. The van der Waals surface area contributed by atoms with Crippen LogP contribution in [0.2, 0.25) is 10.0 Å². The van der Waals surface area contributed by atoms with Crippen LogP contribution in [0.1, 0.15) is 31.2 Å². The first kappa shape index (κ1) is 15.6. The van der Waals surface area contributed by atoms with Crippen molar-refractivity contribution in [3.63, 3.8) is 0 Å². The lowest BCUT2D eigenvalue weighted by Gasteiger charge is -2.26. The summed E-state index contributed by atoms with van der Waals surface area (Å²) in [4.78, 5) is 12.0. The third-order valence-corrected chi connectivity index (χ3v) is 4.75. The molecule has 5 heteroatoms. The van der Waals surface area contributed by atoms with Gasteiger partial charge in [0.05, 0.1) is 23.1 Å². The number of benzene rings is 1. The predicted octanol–water partition coefficient (Wildman–Crippen LogP) is 3.20. The fourth-order valence-corrected chi connectivity index (χ4v) is 3.02. The maximum Gasteiger partial charge on any atom is 0.224 e. The van der Waals surface area contributed by atoms with Crippen molar-refractivity contribution in [2.45, 2.75) is 32.1 Å². The molecule has 3 nitrogen and oxygen atoms in total. The molecule has 1 fully saturated rings. The molecule has 1 aliphatic rings. The standard InChI is InChI=1S/C15H19Cl2NO2/c16-12-4-3-11(7-13(12)17)8-14(20)18-9-15(10-19)5-1-2-6-15/h3-4,7,19H,1-2,5-6,8-10H2,(H,18,20). The number of rotatable bonds is 5. The van der Waals surface area contributed by atoms with Crippen molar-refractivity contribution >= 4 is 29.1 Å². The van der Waals surface area contributed by atoms with Crippen LogP contribution in [0, 0.1) is 5.41 Å². The topological polar surface area (TPSA) is 49.3 Å². The number of nitrogens with one attached hydrogen (secondary N) is 1. The van der Waals surface area contributed by atoms with Crippen molar-refractivity contribution in [2.24, 2.45) is 5.41 Å². The molecule has 0 radical (unpaired) electrons. The van der Waals surface area contributed by atoms with E-state index in [9.17, 15) is 9.90 Å². The Balaban J connectivity index is 1.87. The Morgan fingerprint density at radius 3 is 2.55 bits per heavy atom. The van der Waals surface area contributed by atoms with Crippen LogP contribution in [0.25, 0.3) is 0 Å². The summed E-state index contributed by atoms with van der Waals surface area (Å²) in [5, 5.41) is 13.4. The van der Waals surface area contributed by atoms with Crippen molar-refractivity contribution in [3.05, 3.63) is 33.8 Å². The monoisotopic (exact) mass is 315 g/mol. The molecule has 0 saturated heterocycles. The minimum absolute atomic E-state index is 0.0527. The van der Waals surface area contributed by atoms with Gasteiger partial charge in [0.15, 0.2) is 0 Å². The molecule has 1 aromatic rings. The molecule has 2 N–H and O–H groups in total. The minimum atomic E-state index is -0.118. The first-order valence-electron chi connectivity index (χ1n) is 6.86. The lowest BCUT2D eigenvalue weighted by Crippen LogP contribution is -2.38. The molecular weight excluding hydrogens is 297 g/mol.